The number of rotatable bonds is 7. The van der Waals surface area contributed by atoms with Crippen molar-refractivity contribution in [1.82, 2.24) is 20.4 Å². The third kappa shape index (κ3) is 7.93. The van der Waals surface area contributed by atoms with Crippen LogP contribution in [0, 0.1) is 5.92 Å². The number of nitrogens with one attached hydrogen (secondary N) is 2. The smallest absolute Gasteiger partial charge is 0.222 e. The van der Waals surface area contributed by atoms with E-state index in [9.17, 15) is 4.79 Å². The molecule has 31 heavy (non-hydrogen) atoms. The minimum atomic E-state index is 0. The first-order valence-corrected chi connectivity index (χ1v) is 11.7. The van der Waals surface area contributed by atoms with Crippen LogP contribution in [0.5, 0.6) is 0 Å². The van der Waals surface area contributed by atoms with Gasteiger partial charge in [-0.3, -0.25) is 9.69 Å². The Balaban J connectivity index is 0.00000341. The molecular weight excluding hydrogens is 501 g/mol. The molecule has 0 aliphatic carbocycles. The Labute approximate surface area is 205 Å². The molecule has 2 saturated heterocycles. The molecule has 0 radical (unpaired) electrons. The number of aliphatic imine (C=N–C) groups is 1. The number of likely N-dealkylation sites (tertiary alicyclic amines) is 2. The van der Waals surface area contributed by atoms with Gasteiger partial charge in [0.05, 0.1) is 6.54 Å². The molecule has 174 valence electrons. The van der Waals surface area contributed by atoms with Crippen LogP contribution < -0.4 is 10.6 Å². The molecule has 0 bridgehead atoms. The van der Waals surface area contributed by atoms with Gasteiger partial charge in [-0.05, 0) is 56.3 Å². The van der Waals surface area contributed by atoms with Gasteiger partial charge >= 0.3 is 0 Å². The SMILES string of the molecule is CCNC(=NCc1ccccc1CN1CCC(C)CC1)NC1CCN(C(=O)CC)C1.I. The quantitative estimate of drug-likeness (QED) is 0.315. The van der Waals surface area contributed by atoms with Gasteiger partial charge in [0.15, 0.2) is 5.96 Å². The molecule has 0 spiro atoms. The van der Waals surface area contributed by atoms with Crippen LogP contribution in [-0.4, -0.2) is 60.4 Å². The molecule has 7 heteroatoms. The number of hydrogen-bond donors (Lipinski definition) is 2. The molecule has 0 aromatic heterocycles. The summed E-state index contributed by atoms with van der Waals surface area (Å²) in [5.74, 6) is 1.94. The number of halogens is 1. The second kappa shape index (κ2) is 13.3. The largest absolute Gasteiger partial charge is 0.357 e. The fourth-order valence-corrected chi connectivity index (χ4v) is 4.33. The predicted molar refractivity (Wildman–Crippen MR) is 139 cm³/mol. The van der Waals surface area contributed by atoms with Crippen LogP contribution in [0.1, 0.15) is 57.6 Å². The van der Waals surface area contributed by atoms with Crippen molar-refractivity contribution in [1.29, 1.82) is 0 Å². The number of piperidine rings is 1. The van der Waals surface area contributed by atoms with Crippen molar-refractivity contribution < 1.29 is 4.79 Å². The highest BCUT2D eigenvalue weighted by atomic mass is 127. The number of amides is 1. The van der Waals surface area contributed by atoms with Crippen molar-refractivity contribution in [2.75, 3.05) is 32.7 Å². The minimum Gasteiger partial charge on any atom is -0.357 e. The van der Waals surface area contributed by atoms with Crippen LogP contribution in [0.2, 0.25) is 0 Å². The average molecular weight is 542 g/mol. The van der Waals surface area contributed by atoms with Gasteiger partial charge in [0, 0.05) is 38.6 Å². The fraction of sp³-hybridized carbons (Fsp3) is 0.667. The summed E-state index contributed by atoms with van der Waals surface area (Å²) in [6.45, 7) is 12.9. The highest BCUT2D eigenvalue weighted by molar-refractivity contribution is 14.0. The highest BCUT2D eigenvalue weighted by Gasteiger charge is 2.25. The molecule has 1 atom stereocenters. The van der Waals surface area contributed by atoms with E-state index >= 15 is 0 Å². The zero-order valence-electron chi connectivity index (χ0n) is 19.4. The first-order chi connectivity index (χ1) is 14.6. The van der Waals surface area contributed by atoms with Crippen LogP contribution in [0.4, 0.5) is 0 Å². The monoisotopic (exact) mass is 541 g/mol. The van der Waals surface area contributed by atoms with E-state index in [2.05, 4.69) is 53.6 Å². The third-order valence-electron chi connectivity index (χ3n) is 6.32. The lowest BCUT2D eigenvalue weighted by Gasteiger charge is -2.30. The van der Waals surface area contributed by atoms with Crippen LogP contribution in [0.25, 0.3) is 0 Å². The maximum Gasteiger partial charge on any atom is 0.222 e. The van der Waals surface area contributed by atoms with Crippen LogP contribution in [0.3, 0.4) is 0 Å². The van der Waals surface area contributed by atoms with Crippen LogP contribution in [0.15, 0.2) is 29.3 Å². The number of benzene rings is 1. The summed E-state index contributed by atoms with van der Waals surface area (Å²) in [4.78, 5) is 21.4. The molecule has 1 aromatic carbocycles. The van der Waals surface area contributed by atoms with Gasteiger partial charge in [-0.15, -0.1) is 24.0 Å². The Bertz CT molecular complexity index is 718. The molecule has 2 heterocycles. The van der Waals surface area contributed by atoms with E-state index in [-0.39, 0.29) is 35.9 Å². The maximum atomic E-state index is 11.9. The number of nitrogens with zero attached hydrogens (tertiary/aromatic N) is 3. The third-order valence-corrected chi connectivity index (χ3v) is 6.32. The number of carbonyl (C=O) groups excluding carboxylic acids is 1. The molecule has 3 rings (SSSR count). The van der Waals surface area contributed by atoms with Crippen molar-refractivity contribution >= 4 is 35.8 Å². The lowest BCUT2D eigenvalue weighted by atomic mass is 9.98. The normalized spacial score (nSPS) is 20.4. The van der Waals surface area contributed by atoms with E-state index in [0.29, 0.717) is 13.0 Å². The first kappa shape index (κ1) is 25.9. The molecule has 2 aliphatic heterocycles. The summed E-state index contributed by atoms with van der Waals surface area (Å²) >= 11 is 0. The van der Waals surface area contributed by atoms with E-state index < -0.39 is 0 Å². The molecule has 1 aromatic rings. The van der Waals surface area contributed by atoms with Crippen molar-refractivity contribution in [3.05, 3.63) is 35.4 Å². The Hall–Kier alpha value is -1.35. The van der Waals surface area contributed by atoms with Gasteiger partial charge in [0.1, 0.15) is 0 Å². The van der Waals surface area contributed by atoms with Crippen LogP contribution in [-0.2, 0) is 17.9 Å². The van der Waals surface area contributed by atoms with E-state index in [1.165, 1.54) is 37.1 Å². The van der Waals surface area contributed by atoms with E-state index in [1.54, 1.807) is 0 Å². The maximum absolute atomic E-state index is 11.9. The van der Waals surface area contributed by atoms with E-state index in [1.807, 2.05) is 11.8 Å². The van der Waals surface area contributed by atoms with Crippen molar-refractivity contribution in [2.24, 2.45) is 10.9 Å². The predicted octanol–water partition coefficient (Wildman–Crippen LogP) is 3.60. The number of carbonyl (C=O) groups is 1. The Morgan fingerprint density at radius 3 is 2.48 bits per heavy atom. The summed E-state index contributed by atoms with van der Waals surface area (Å²) in [5, 5.41) is 6.90. The second-order valence-corrected chi connectivity index (χ2v) is 8.75. The zero-order chi connectivity index (χ0) is 21.3. The Morgan fingerprint density at radius 1 is 1.10 bits per heavy atom. The lowest BCUT2D eigenvalue weighted by molar-refractivity contribution is -0.129. The van der Waals surface area contributed by atoms with Gasteiger partial charge in [0.2, 0.25) is 5.91 Å². The number of hydrogen-bond acceptors (Lipinski definition) is 3. The number of guanidine groups is 1. The van der Waals surface area contributed by atoms with E-state index in [4.69, 9.17) is 4.99 Å². The summed E-state index contributed by atoms with van der Waals surface area (Å²) in [6, 6.07) is 8.96. The van der Waals surface area contributed by atoms with Crippen molar-refractivity contribution in [2.45, 2.75) is 65.6 Å². The molecular formula is C24H40IN5O. The van der Waals surface area contributed by atoms with Gasteiger partial charge < -0.3 is 15.5 Å². The van der Waals surface area contributed by atoms with E-state index in [0.717, 1.165) is 44.5 Å². The molecule has 2 N–H and O–H groups in total. The summed E-state index contributed by atoms with van der Waals surface area (Å²) < 4.78 is 0. The minimum absolute atomic E-state index is 0. The second-order valence-electron chi connectivity index (χ2n) is 8.75. The fourth-order valence-electron chi connectivity index (χ4n) is 4.33. The Kier molecular flexibility index (Phi) is 11.1. The summed E-state index contributed by atoms with van der Waals surface area (Å²) in [5.41, 5.74) is 2.68. The summed E-state index contributed by atoms with van der Waals surface area (Å²) in [6.07, 6.45) is 4.15. The average Bonchev–Trinajstić information content (AvgIpc) is 3.22. The molecule has 0 saturated carbocycles. The van der Waals surface area contributed by atoms with Gasteiger partial charge in [-0.1, -0.05) is 38.1 Å². The van der Waals surface area contributed by atoms with Crippen LogP contribution >= 0.6 is 24.0 Å². The zero-order valence-corrected chi connectivity index (χ0v) is 21.7. The van der Waals surface area contributed by atoms with Gasteiger partial charge in [0.25, 0.3) is 0 Å². The van der Waals surface area contributed by atoms with Crippen molar-refractivity contribution in [3.8, 4) is 0 Å². The van der Waals surface area contributed by atoms with Crippen molar-refractivity contribution in [3.63, 3.8) is 0 Å². The molecule has 2 fully saturated rings. The molecule has 1 amide bonds. The molecule has 2 aliphatic rings. The Morgan fingerprint density at radius 2 is 1.81 bits per heavy atom. The topological polar surface area (TPSA) is 60.0 Å². The van der Waals surface area contributed by atoms with Gasteiger partial charge in [-0.2, -0.15) is 0 Å². The molecule has 1 unspecified atom stereocenters. The summed E-state index contributed by atoms with van der Waals surface area (Å²) in [7, 11) is 0. The van der Waals surface area contributed by atoms with Gasteiger partial charge in [-0.25, -0.2) is 4.99 Å². The highest BCUT2D eigenvalue weighted by Crippen LogP contribution is 2.20. The lowest BCUT2D eigenvalue weighted by Crippen LogP contribution is -2.45. The standard InChI is InChI=1S/C24H39N5O.HI/c1-4-23(30)29-15-12-22(18-29)27-24(25-5-2)26-16-20-8-6-7-9-21(20)17-28-13-10-19(3)11-14-28;/h6-9,19,22H,4-5,10-18H2,1-3H3,(H2,25,26,27);1H. The molecule has 6 nitrogen and oxygen atoms in total. The first-order valence-electron chi connectivity index (χ1n) is 11.7.